The summed E-state index contributed by atoms with van der Waals surface area (Å²) in [6.45, 7) is 6.65. The molecular weight excluding hydrogens is 176 g/mol. The Morgan fingerprint density at radius 1 is 1.36 bits per heavy atom. The average Bonchev–Trinajstić information content (AvgIpc) is 2.10. The van der Waals surface area contributed by atoms with Crippen LogP contribution in [0, 0.1) is 5.92 Å². The first-order valence-electron chi connectivity index (χ1n) is 5.79. The van der Waals surface area contributed by atoms with Crippen LogP contribution in [-0.2, 0) is 0 Å². The van der Waals surface area contributed by atoms with Crippen LogP contribution < -0.4 is 5.32 Å². The maximum absolute atomic E-state index is 9.15. The molecule has 0 saturated heterocycles. The van der Waals surface area contributed by atoms with Crippen molar-refractivity contribution in [2.45, 2.75) is 32.3 Å². The molecular formula is C11H24N2O. The van der Waals surface area contributed by atoms with Crippen LogP contribution in [0.4, 0.5) is 0 Å². The van der Waals surface area contributed by atoms with E-state index in [9.17, 15) is 0 Å². The van der Waals surface area contributed by atoms with Gasteiger partial charge in [0.05, 0.1) is 6.10 Å². The standard InChI is InChI=1S/C11H24N2O/c1-3-4-12-5-6-13(2)9-10-7-11(14)8-10/h10-12,14H,3-9H2,1-2H3. The minimum absolute atomic E-state index is 0.00776. The molecule has 0 atom stereocenters. The zero-order chi connectivity index (χ0) is 10.4. The fraction of sp³-hybridized carbons (Fsp3) is 1.00. The molecule has 0 radical (unpaired) electrons. The minimum atomic E-state index is -0.00776. The number of rotatable bonds is 7. The molecule has 2 N–H and O–H groups in total. The van der Waals surface area contributed by atoms with Crippen LogP contribution in [0.5, 0.6) is 0 Å². The first-order valence-corrected chi connectivity index (χ1v) is 5.79. The van der Waals surface area contributed by atoms with Gasteiger partial charge < -0.3 is 15.3 Å². The van der Waals surface area contributed by atoms with Crippen molar-refractivity contribution in [3.05, 3.63) is 0 Å². The first-order chi connectivity index (χ1) is 6.72. The first kappa shape index (κ1) is 12.0. The van der Waals surface area contributed by atoms with E-state index in [1.54, 1.807) is 0 Å². The van der Waals surface area contributed by atoms with E-state index >= 15 is 0 Å². The molecule has 0 aliphatic heterocycles. The Labute approximate surface area is 87.5 Å². The van der Waals surface area contributed by atoms with Gasteiger partial charge in [-0.05, 0) is 38.8 Å². The summed E-state index contributed by atoms with van der Waals surface area (Å²) in [5.74, 6) is 0.737. The average molecular weight is 200 g/mol. The van der Waals surface area contributed by atoms with Gasteiger partial charge in [-0.3, -0.25) is 0 Å². The maximum Gasteiger partial charge on any atom is 0.0546 e. The molecule has 0 unspecified atom stereocenters. The van der Waals surface area contributed by atoms with E-state index in [0.29, 0.717) is 0 Å². The van der Waals surface area contributed by atoms with Crippen molar-refractivity contribution in [3.63, 3.8) is 0 Å². The van der Waals surface area contributed by atoms with E-state index in [1.165, 1.54) is 6.42 Å². The highest BCUT2D eigenvalue weighted by atomic mass is 16.3. The van der Waals surface area contributed by atoms with Gasteiger partial charge in [0.2, 0.25) is 0 Å². The molecule has 3 heteroatoms. The van der Waals surface area contributed by atoms with Crippen LogP contribution in [0.1, 0.15) is 26.2 Å². The van der Waals surface area contributed by atoms with Gasteiger partial charge in [-0.15, -0.1) is 0 Å². The molecule has 0 aromatic carbocycles. The van der Waals surface area contributed by atoms with Crippen LogP contribution in [0.3, 0.4) is 0 Å². The molecule has 1 rings (SSSR count). The Balaban J connectivity index is 1.91. The van der Waals surface area contributed by atoms with Crippen LogP contribution in [-0.4, -0.2) is 49.3 Å². The van der Waals surface area contributed by atoms with E-state index in [0.717, 1.165) is 44.9 Å². The van der Waals surface area contributed by atoms with Crippen molar-refractivity contribution in [1.29, 1.82) is 0 Å². The molecule has 3 nitrogen and oxygen atoms in total. The minimum Gasteiger partial charge on any atom is -0.393 e. The summed E-state index contributed by atoms with van der Waals surface area (Å²) in [5.41, 5.74) is 0. The van der Waals surface area contributed by atoms with Gasteiger partial charge in [0.25, 0.3) is 0 Å². The molecule has 1 fully saturated rings. The van der Waals surface area contributed by atoms with Gasteiger partial charge in [-0.25, -0.2) is 0 Å². The highest BCUT2D eigenvalue weighted by Gasteiger charge is 2.27. The second-order valence-electron chi connectivity index (χ2n) is 4.50. The topological polar surface area (TPSA) is 35.5 Å². The van der Waals surface area contributed by atoms with Gasteiger partial charge in [-0.1, -0.05) is 6.92 Å². The fourth-order valence-corrected chi connectivity index (χ4v) is 1.95. The van der Waals surface area contributed by atoms with Gasteiger partial charge in [0.1, 0.15) is 0 Å². The normalized spacial score (nSPS) is 26.6. The molecule has 0 amide bonds. The third-order valence-corrected chi connectivity index (χ3v) is 2.88. The fourth-order valence-electron chi connectivity index (χ4n) is 1.95. The van der Waals surface area contributed by atoms with Crippen molar-refractivity contribution in [3.8, 4) is 0 Å². The van der Waals surface area contributed by atoms with E-state index in [-0.39, 0.29) is 6.10 Å². The summed E-state index contributed by atoms with van der Waals surface area (Å²) in [4.78, 5) is 2.36. The number of hydrogen-bond donors (Lipinski definition) is 2. The third-order valence-electron chi connectivity index (χ3n) is 2.88. The van der Waals surface area contributed by atoms with E-state index in [1.807, 2.05) is 0 Å². The molecule has 1 aliphatic carbocycles. The highest BCUT2D eigenvalue weighted by molar-refractivity contribution is 4.80. The molecule has 0 aromatic heterocycles. The monoisotopic (exact) mass is 200 g/mol. The summed E-state index contributed by atoms with van der Waals surface area (Å²) >= 11 is 0. The molecule has 1 aliphatic rings. The second-order valence-corrected chi connectivity index (χ2v) is 4.50. The zero-order valence-electron chi connectivity index (χ0n) is 9.50. The molecule has 0 heterocycles. The second kappa shape index (κ2) is 6.38. The Morgan fingerprint density at radius 3 is 2.64 bits per heavy atom. The quantitative estimate of drug-likeness (QED) is 0.594. The smallest absolute Gasteiger partial charge is 0.0546 e. The lowest BCUT2D eigenvalue weighted by Gasteiger charge is -2.34. The van der Waals surface area contributed by atoms with Crippen LogP contribution in [0.2, 0.25) is 0 Å². The Hall–Kier alpha value is -0.120. The number of hydrogen-bond acceptors (Lipinski definition) is 3. The van der Waals surface area contributed by atoms with Gasteiger partial charge in [-0.2, -0.15) is 0 Å². The largest absolute Gasteiger partial charge is 0.393 e. The predicted octanol–water partition coefficient (Wildman–Crippen LogP) is 0.689. The van der Waals surface area contributed by atoms with Crippen molar-refractivity contribution in [2.24, 2.45) is 5.92 Å². The number of nitrogens with one attached hydrogen (secondary N) is 1. The SMILES string of the molecule is CCCNCCN(C)CC1CC(O)C1. The van der Waals surface area contributed by atoms with Crippen molar-refractivity contribution in [2.75, 3.05) is 33.2 Å². The Kier molecular flexibility index (Phi) is 5.45. The van der Waals surface area contributed by atoms with Crippen LogP contribution >= 0.6 is 0 Å². The molecule has 1 saturated carbocycles. The number of nitrogens with zero attached hydrogens (tertiary/aromatic N) is 1. The van der Waals surface area contributed by atoms with Gasteiger partial charge in [0.15, 0.2) is 0 Å². The van der Waals surface area contributed by atoms with E-state index in [4.69, 9.17) is 5.11 Å². The zero-order valence-corrected chi connectivity index (χ0v) is 9.50. The summed E-state index contributed by atoms with van der Waals surface area (Å²) in [6.07, 6.45) is 3.21. The van der Waals surface area contributed by atoms with Crippen molar-refractivity contribution < 1.29 is 5.11 Å². The Bertz CT molecular complexity index is 146. The lowest BCUT2D eigenvalue weighted by Crippen LogP contribution is -2.39. The van der Waals surface area contributed by atoms with Gasteiger partial charge >= 0.3 is 0 Å². The van der Waals surface area contributed by atoms with Crippen LogP contribution in [0.25, 0.3) is 0 Å². The summed E-state index contributed by atoms with van der Waals surface area (Å²) < 4.78 is 0. The van der Waals surface area contributed by atoms with Crippen LogP contribution in [0.15, 0.2) is 0 Å². The van der Waals surface area contributed by atoms with Crippen molar-refractivity contribution in [1.82, 2.24) is 10.2 Å². The van der Waals surface area contributed by atoms with Gasteiger partial charge in [0, 0.05) is 19.6 Å². The molecule has 0 spiro atoms. The molecule has 0 aromatic rings. The molecule has 0 bridgehead atoms. The molecule has 14 heavy (non-hydrogen) atoms. The highest BCUT2D eigenvalue weighted by Crippen LogP contribution is 2.27. The summed E-state index contributed by atoms with van der Waals surface area (Å²) in [5, 5.41) is 12.5. The van der Waals surface area contributed by atoms with E-state index < -0.39 is 0 Å². The summed E-state index contributed by atoms with van der Waals surface area (Å²) in [6, 6.07) is 0. The number of likely N-dealkylation sites (N-methyl/N-ethyl adjacent to an activating group) is 1. The maximum atomic E-state index is 9.15. The molecule has 84 valence electrons. The Morgan fingerprint density at radius 2 is 2.07 bits per heavy atom. The number of aliphatic hydroxyl groups excluding tert-OH is 1. The predicted molar refractivity (Wildman–Crippen MR) is 59.4 cm³/mol. The van der Waals surface area contributed by atoms with Crippen molar-refractivity contribution >= 4 is 0 Å². The van der Waals surface area contributed by atoms with E-state index in [2.05, 4.69) is 24.2 Å². The third kappa shape index (κ3) is 4.40. The lowest BCUT2D eigenvalue weighted by atomic mass is 9.82. The lowest BCUT2D eigenvalue weighted by molar-refractivity contribution is 0.0285. The summed E-state index contributed by atoms with van der Waals surface area (Å²) in [7, 11) is 2.17. The number of aliphatic hydroxyl groups is 1.